The highest BCUT2D eigenvalue weighted by Crippen LogP contribution is 2.20. The maximum absolute atomic E-state index is 12.3. The molecule has 0 aliphatic carbocycles. The van der Waals surface area contributed by atoms with E-state index >= 15 is 0 Å². The third-order valence-electron chi connectivity index (χ3n) is 4.23. The van der Waals surface area contributed by atoms with Crippen molar-refractivity contribution in [2.75, 3.05) is 12.4 Å². The minimum atomic E-state index is -0.890. The standard InChI is InChI=1S/C19H25N3O4/c1-12-18(13(2)22(4)21-12)20-19(24)14(3)26-17(23)11-10-15-8-6-7-9-16(15)25-5/h6-9,14H,10-11H2,1-5H3,(H,20,24)/t14-/m0/s1. The van der Waals surface area contributed by atoms with E-state index in [2.05, 4.69) is 10.4 Å². The van der Waals surface area contributed by atoms with Crippen LogP contribution in [0.25, 0.3) is 0 Å². The van der Waals surface area contributed by atoms with Crippen LogP contribution in [0.1, 0.15) is 30.3 Å². The molecule has 1 amide bonds. The Labute approximate surface area is 153 Å². The van der Waals surface area contributed by atoms with Crippen molar-refractivity contribution in [1.29, 1.82) is 0 Å². The van der Waals surface area contributed by atoms with Crippen molar-refractivity contribution in [2.45, 2.75) is 39.7 Å². The van der Waals surface area contributed by atoms with E-state index in [-0.39, 0.29) is 12.3 Å². The van der Waals surface area contributed by atoms with Crippen LogP contribution in [0.4, 0.5) is 5.69 Å². The van der Waals surface area contributed by atoms with Gasteiger partial charge in [-0.15, -0.1) is 0 Å². The summed E-state index contributed by atoms with van der Waals surface area (Å²) in [6.45, 7) is 5.23. The lowest BCUT2D eigenvalue weighted by molar-refractivity contribution is -0.153. The van der Waals surface area contributed by atoms with Gasteiger partial charge in [-0.3, -0.25) is 14.3 Å². The van der Waals surface area contributed by atoms with E-state index in [0.717, 1.165) is 17.0 Å². The van der Waals surface area contributed by atoms with Gasteiger partial charge in [0, 0.05) is 13.5 Å². The van der Waals surface area contributed by atoms with Crippen molar-refractivity contribution in [3.8, 4) is 5.75 Å². The second kappa shape index (κ2) is 8.51. The molecule has 7 heteroatoms. The number of para-hydroxylation sites is 1. The summed E-state index contributed by atoms with van der Waals surface area (Å²) >= 11 is 0. The van der Waals surface area contributed by atoms with Crippen molar-refractivity contribution in [3.05, 3.63) is 41.2 Å². The van der Waals surface area contributed by atoms with Crippen LogP contribution in [0.2, 0.25) is 0 Å². The fourth-order valence-corrected chi connectivity index (χ4v) is 2.64. The molecule has 1 aromatic carbocycles. The van der Waals surface area contributed by atoms with Crippen LogP contribution in [0.3, 0.4) is 0 Å². The Hall–Kier alpha value is -2.83. The van der Waals surface area contributed by atoms with Crippen LogP contribution < -0.4 is 10.1 Å². The van der Waals surface area contributed by atoms with Gasteiger partial charge >= 0.3 is 5.97 Å². The zero-order valence-corrected chi connectivity index (χ0v) is 15.8. The first kappa shape index (κ1) is 19.5. The molecule has 26 heavy (non-hydrogen) atoms. The average Bonchev–Trinajstić information content (AvgIpc) is 2.86. The number of anilines is 1. The first-order valence-electron chi connectivity index (χ1n) is 8.46. The van der Waals surface area contributed by atoms with Crippen molar-refractivity contribution in [1.82, 2.24) is 9.78 Å². The summed E-state index contributed by atoms with van der Waals surface area (Å²) in [7, 11) is 3.39. The number of amides is 1. The minimum Gasteiger partial charge on any atom is -0.496 e. The number of carbonyl (C=O) groups is 2. The topological polar surface area (TPSA) is 82.4 Å². The molecular formula is C19H25N3O4. The number of esters is 1. The number of rotatable bonds is 7. The third-order valence-corrected chi connectivity index (χ3v) is 4.23. The zero-order valence-electron chi connectivity index (χ0n) is 15.8. The highest BCUT2D eigenvalue weighted by molar-refractivity contribution is 5.96. The summed E-state index contributed by atoms with van der Waals surface area (Å²) in [5.74, 6) is -0.0818. The smallest absolute Gasteiger partial charge is 0.306 e. The van der Waals surface area contributed by atoms with Gasteiger partial charge in [-0.2, -0.15) is 5.10 Å². The predicted octanol–water partition coefficient (Wildman–Crippen LogP) is 2.55. The molecule has 0 aliphatic rings. The first-order valence-corrected chi connectivity index (χ1v) is 8.46. The molecule has 1 aromatic heterocycles. The molecule has 7 nitrogen and oxygen atoms in total. The van der Waals surface area contributed by atoms with Gasteiger partial charge in [0.05, 0.1) is 24.2 Å². The Bertz CT molecular complexity index is 798. The number of nitrogens with one attached hydrogen (secondary N) is 1. The van der Waals surface area contributed by atoms with Crippen LogP contribution in [0.5, 0.6) is 5.75 Å². The fourth-order valence-electron chi connectivity index (χ4n) is 2.64. The summed E-state index contributed by atoms with van der Waals surface area (Å²) < 4.78 is 12.2. The van der Waals surface area contributed by atoms with Gasteiger partial charge in [-0.1, -0.05) is 18.2 Å². The van der Waals surface area contributed by atoms with E-state index in [1.54, 1.807) is 25.8 Å². The van der Waals surface area contributed by atoms with Crippen LogP contribution in [-0.2, 0) is 27.8 Å². The molecule has 0 unspecified atom stereocenters. The molecule has 2 rings (SSSR count). The van der Waals surface area contributed by atoms with Gasteiger partial charge in [0.25, 0.3) is 5.91 Å². The molecule has 1 atom stereocenters. The molecule has 0 bridgehead atoms. The van der Waals surface area contributed by atoms with Crippen molar-refractivity contribution in [2.24, 2.45) is 7.05 Å². The van der Waals surface area contributed by atoms with E-state index < -0.39 is 12.1 Å². The Balaban J connectivity index is 1.89. The molecule has 2 aromatic rings. The Morgan fingerprint density at radius 1 is 1.27 bits per heavy atom. The third kappa shape index (κ3) is 4.62. The quantitative estimate of drug-likeness (QED) is 0.768. The zero-order chi connectivity index (χ0) is 19.3. The first-order chi connectivity index (χ1) is 12.3. The van der Waals surface area contributed by atoms with Gasteiger partial charge in [0.15, 0.2) is 6.10 Å². The van der Waals surface area contributed by atoms with Crippen molar-refractivity contribution >= 4 is 17.6 Å². The molecule has 0 spiro atoms. The second-order valence-corrected chi connectivity index (χ2v) is 6.10. The summed E-state index contributed by atoms with van der Waals surface area (Å²) in [4.78, 5) is 24.4. The molecule has 0 aliphatic heterocycles. The highest BCUT2D eigenvalue weighted by atomic mass is 16.5. The van der Waals surface area contributed by atoms with Gasteiger partial charge in [-0.25, -0.2) is 0 Å². The van der Waals surface area contributed by atoms with Crippen molar-refractivity contribution in [3.63, 3.8) is 0 Å². The lowest BCUT2D eigenvalue weighted by Gasteiger charge is -2.14. The van der Waals surface area contributed by atoms with E-state index in [0.29, 0.717) is 17.8 Å². The Kier molecular flexibility index (Phi) is 6.38. The summed E-state index contributed by atoms with van der Waals surface area (Å²) in [6.07, 6.45) is -0.236. The monoisotopic (exact) mass is 359 g/mol. The average molecular weight is 359 g/mol. The summed E-state index contributed by atoms with van der Waals surface area (Å²) in [6, 6.07) is 7.50. The molecule has 0 saturated carbocycles. The lowest BCUT2D eigenvalue weighted by Crippen LogP contribution is -2.30. The highest BCUT2D eigenvalue weighted by Gasteiger charge is 2.21. The van der Waals surface area contributed by atoms with Gasteiger partial charge in [-0.05, 0) is 38.8 Å². The number of hydrogen-bond acceptors (Lipinski definition) is 5. The number of hydrogen-bond donors (Lipinski definition) is 1. The normalized spacial score (nSPS) is 11.7. The molecule has 1 heterocycles. The molecular weight excluding hydrogens is 334 g/mol. The Morgan fingerprint density at radius 2 is 1.96 bits per heavy atom. The predicted molar refractivity (Wildman–Crippen MR) is 98.2 cm³/mol. The maximum atomic E-state index is 12.3. The second-order valence-electron chi connectivity index (χ2n) is 6.10. The fraction of sp³-hybridized carbons (Fsp3) is 0.421. The minimum absolute atomic E-state index is 0.170. The number of aromatic nitrogens is 2. The number of aryl methyl sites for hydroxylation is 3. The van der Waals surface area contributed by atoms with Gasteiger partial charge in [0.1, 0.15) is 5.75 Å². The number of nitrogens with zero attached hydrogens (tertiary/aromatic N) is 2. The maximum Gasteiger partial charge on any atom is 0.306 e. The van der Waals surface area contributed by atoms with Gasteiger partial charge in [0.2, 0.25) is 0 Å². The van der Waals surface area contributed by atoms with E-state index in [1.807, 2.05) is 38.1 Å². The largest absolute Gasteiger partial charge is 0.496 e. The number of carbonyl (C=O) groups excluding carboxylic acids is 2. The van der Waals surface area contributed by atoms with Crippen LogP contribution in [0.15, 0.2) is 24.3 Å². The summed E-state index contributed by atoms with van der Waals surface area (Å²) in [5, 5.41) is 7.02. The summed E-state index contributed by atoms with van der Waals surface area (Å²) in [5.41, 5.74) is 3.12. The number of methoxy groups -OCH3 is 1. The van der Waals surface area contributed by atoms with E-state index in [9.17, 15) is 9.59 Å². The van der Waals surface area contributed by atoms with Crippen LogP contribution in [0, 0.1) is 13.8 Å². The van der Waals surface area contributed by atoms with Gasteiger partial charge < -0.3 is 14.8 Å². The van der Waals surface area contributed by atoms with E-state index in [4.69, 9.17) is 9.47 Å². The lowest BCUT2D eigenvalue weighted by atomic mass is 10.1. The molecule has 0 saturated heterocycles. The Morgan fingerprint density at radius 3 is 2.58 bits per heavy atom. The van der Waals surface area contributed by atoms with Crippen LogP contribution >= 0.6 is 0 Å². The number of ether oxygens (including phenoxy) is 2. The van der Waals surface area contributed by atoms with Crippen molar-refractivity contribution < 1.29 is 19.1 Å². The molecule has 0 radical (unpaired) electrons. The number of benzene rings is 1. The van der Waals surface area contributed by atoms with E-state index in [1.165, 1.54) is 0 Å². The molecule has 140 valence electrons. The molecule has 1 N–H and O–H groups in total. The van der Waals surface area contributed by atoms with Crippen LogP contribution in [-0.4, -0.2) is 34.9 Å². The SMILES string of the molecule is COc1ccccc1CCC(=O)O[C@@H](C)C(=O)Nc1c(C)nn(C)c1C. The molecule has 0 fully saturated rings.